The molecule has 1 saturated carbocycles. The molecule has 0 radical (unpaired) electrons. The van der Waals surface area contributed by atoms with Crippen LogP contribution in [0.4, 0.5) is 4.79 Å². The van der Waals surface area contributed by atoms with Crippen LogP contribution in [0.2, 0.25) is 0 Å². The number of hydrogen-bond acceptors (Lipinski definition) is 4. The van der Waals surface area contributed by atoms with E-state index < -0.39 is 18.1 Å². The Morgan fingerprint density at radius 2 is 1.90 bits per heavy atom. The van der Waals surface area contributed by atoms with Gasteiger partial charge in [-0.05, 0) is 33.4 Å². The maximum atomic E-state index is 12.5. The molecule has 2 amide bonds. The van der Waals surface area contributed by atoms with Crippen molar-refractivity contribution in [1.82, 2.24) is 14.7 Å². The predicted octanol–water partition coefficient (Wildman–Crippen LogP) is 0.0423. The van der Waals surface area contributed by atoms with Gasteiger partial charge in [0.2, 0.25) is 0 Å². The van der Waals surface area contributed by atoms with E-state index in [4.69, 9.17) is 0 Å². The first-order valence-electron chi connectivity index (χ1n) is 7.37. The lowest BCUT2D eigenvalue weighted by Gasteiger charge is -2.49. The van der Waals surface area contributed by atoms with E-state index in [1.807, 2.05) is 14.1 Å². The molecule has 2 N–H and O–H groups in total. The average Bonchev–Trinajstić information content (AvgIpc) is 2.74. The fourth-order valence-electron chi connectivity index (χ4n) is 3.32. The molecule has 7 nitrogen and oxygen atoms in total. The van der Waals surface area contributed by atoms with Crippen LogP contribution in [0.1, 0.15) is 25.7 Å². The number of amides is 2. The van der Waals surface area contributed by atoms with E-state index in [0.29, 0.717) is 6.54 Å². The van der Waals surface area contributed by atoms with Crippen molar-refractivity contribution in [2.24, 2.45) is 0 Å². The number of rotatable bonds is 4. The van der Waals surface area contributed by atoms with Gasteiger partial charge in [0.25, 0.3) is 0 Å². The third-order valence-electron chi connectivity index (χ3n) is 4.90. The molecule has 21 heavy (non-hydrogen) atoms. The van der Waals surface area contributed by atoms with Gasteiger partial charge < -0.3 is 24.9 Å². The van der Waals surface area contributed by atoms with Gasteiger partial charge in [0.15, 0.2) is 0 Å². The van der Waals surface area contributed by atoms with Crippen molar-refractivity contribution >= 4 is 12.0 Å². The molecule has 0 spiro atoms. The van der Waals surface area contributed by atoms with Crippen LogP contribution in [0.5, 0.6) is 0 Å². The van der Waals surface area contributed by atoms with E-state index in [0.717, 1.165) is 19.3 Å². The van der Waals surface area contributed by atoms with Crippen LogP contribution in [0, 0.1) is 0 Å². The number of hydrogen-bond donors (Lipinski definition) is 2. The molecule has 7 heteroatoms. The standard InChI is InChI=1S/C14H25N3O4/c1-15(2)14(5-4-6-14)9-16(3)13(21)17-8-10(18)7-11(17)12(19)20/h10-11,18H,4-9H2,1-3H3,(H,19,20). The van der Waals surface area contributed by atoms with E-state index in [-0.39, 0.29) is 24.5 Å². The van der Waals surface area contributed by atoms with Crippen molar-refractivity contribution in [3.63, 3.8) is 0 Å². The summed E-state index contributed by atoms with van der Waals surface area (Å²) in [6.07, 6.45) is 2.59. The Bertz CT molecular complexity index is 422. The number of carboxylic acids is 1. The highest BCUT2D eigenvalue weighted by Crippen LogP contribution is 2.37. The third-order valence-corrected chi connectivity index (χ3v) is 4.90. The summed E-state index contributed by atoms with van der Waals surface area (Å²) < 4.78 is 0. The Morgan fingerprint density at radius 1 is 1.29 bits per heavy atom. The highest BCUT2D eigenvalue weighted by molar-refractivity contribution is 5.83. The summed E-state index contributed by atoms with van der Waals surface area (Å²) >= 11 is 0. The number of carbonyl (C=O) groups is 2. The van der Waals surface area contributed by atoms with Gasteiger partial charge in [-0.2, -0.15) is 0 Å². The lowest BCUT2D eigenvalue weighted by Crippen LogP contribution is -2.59. The second kappa shape index (κ2) is 5.81. The van der Waals surface area contributed by atoms with Gasteiger partial charge in [-0.3, -0.25) is 0 Å². The third kappa shape index (κ3) is 2.98. The Morgan fingerprint density at radius 3 is 2.33 bits per heavy atom. The van der Waals surface area contributed by atoms with Crippen molar-refractivity contribution in [3.8, 4) is 0 Å². The zero-order valence-electron chi connectivity index (χ0n) is 12.9. The molecule has 2 unspecified atom stereocenters. The molecule has 0 bridgehead atoms. The number of aliphatic carboxylic acids is 1. The van der Waals surface area contributed by atoms with Crippen LogP contribution >= 0.6 is 0 Å². The minimum atomic E-state index is -1.06. The zero-order chi connectivity index (χ0) is 15.8. The monoisotopic (exact) mass is 299 g/mol. The van der Waals surface area contributed by atoms with Gasteiger partial charge in [0, 0.05) is 32.1 Å². The maximum Gasteiger partial charge on any atom is 0.326 e. The molecule has 1 heterocycles. The van der Waals surface area contributed by atoms with Gasteiger partial charge >= 0.3 is 12.0 Å². The lowest BCUT2D eigenvalue weighted by atomic mass is 9.75. The Labute approximate surface area is 125 Å². The number of urea groups is 1. The highest BCUT2D eigenvalue weighted by atomic mass is 16.4. The molecule has 0 aromatic heterocycles. The van der Waals surface area contributed by atoms with Gasteiger partial charge in [-0.25, -0.2) is 9.59 Å². The number of aliphatic hydroxyl groups is 1. The smallest absolute Gasteiger partial charge is 0.326 e. The summed E-state index contributed by atoms with van der Waals surface area (Å²) in [5, 5.41) is 18.8. The Kier molecular flexibility index (Phi) is 4.43. The van der Waals surface area contributed by atoms with Crippen LogP contribution < -0.4 is 0 Å². The van der Waals surface area contributed by atoms with Gasteiger partial charge in [0.05, 0.1) is 6.10 Å². The molecule has 2 atom stereocenters. The molecule has 2 fully saturated rings. The lowest BCUT2D eigenvalue weighted by molar-refractivity contribution is -0.141. The van der Waals surface area contributed by atoms with Crippen molar-refractivity contribution in [1.29, 1.82) is 0 Å². The summed E-state index contributed by atoms with van der Waals surface area (Å²) in [6, 6.07) is -1.24. The van der Waals surface area contributed by atoms with Crippen molar-refractivity contribution in [3.05, 3.63) is 0 Å². The first kappa shape index (κ1) is 16.0. The summed E-state index contributed by atoms with van der Waals surface area (Å²) in [6.45, 7) is 0.673. The zero-order valence-corrected chi connectivity index (χ0v) is 12.9. The molecule has 1 aliphatic carbocycles. The number of nitrogens with zero attached hydrogens (tertiary/aromatic N) is 3. The van der Waals surface area contributed by atoms with Gasteiger partial charge in [0.1, 0.15) is 6.04 Å². The fraction of sp³-hybridized carbons (Fsp3) is 0.857. The fourth-order valence-corrected chi connectivity index (χ4v) is 3.32. The molecule has 0 aromatic rings. The number of carbonyl (C=O) groups excluding carboxylic acids is 1. The van der Waals surface area contributed by atoms with Crippen LogP contribution in [0.15, 0.2) is 0 Å². The molecule has 0 aromatic carbocycles. The molecule has 1 aliphatic heterocycles. The molecular weight excluding hydrogens is 274 g/mol. The second-order valence-electron chi connectivity index (χ2n) is 6.51. The van der Waals surface area contributed by atoms with E-state index in [1.165, 1.54) is 4.90 Å². The van der Waals surface area contributed by atoms with E-state index in [1.54, 1.807) is 11.9 Å². The van der Waals surface area contributed by atoms with Crippen molar-refractivity contribution in [2.75, 3.05) is 34.2 Å². The number of β-amino-alcohol motifs (C(OH)–C–C–N with tert-alkyl or cyclic N) is 1. The van der Waals surface area contributed by atoms with E-state index >= 15 is 0 Å². The SMILES string of the molecule is CN(CC1(N(C)C)CCC1)C(=O)N1CC(O)CC1C(=O)O. The Balaban J connectivity index is 2.03. The molecule has 120 valence electrons. The summed E-state index contributed by atoms with van der Waals surface area (Å²) in [5.41, 5.74) is 0.00146. The summed E-state index contributed by atoms with van der Waals surface area (Å²) in [5.74, 6) is -1.06. The van der Waals surface area contributed by atoms with E-state index in [2.05, 4.69) is 4.90 Å². The molecule has 2 aliphatic rings. The number of likely N-dealkylation sites (tertiary alicyclic amines) is 1. The topological polar surface area (TPSA) is 84.3 Å². The largest absolute Gasteiger partial charge is 0.480 e. The second-order valence-corrected chi connectivity index (χ2v) is 6.51. The first-order valence-corrected chi connectivity index (χ1v) is 7.37. The number of likely N-dealkylation sites (N-methyl/N-ethyl adjacent to an activating group) is 2. The van der Waals surface area contributed by atoms with Gasteiger partial charge in [-0.1, -0.05) is 0 Å². The predicted molar refractivity (Wildman–Crippen MR) is 77.0 cm³/mol. The van der Waals surface area contributed by atoms with E-state index in [9.17, 15) is 19.8 Å². The molecule has 2 rings (SSSR count). The minimum Gasteiger partial charge on any atom is -0.480 e. The van der Waals surface area contributed by atoms with Crippen LogP contribution in [0.25, 0.3) is 0 Å². The average molecular weight is 299 g/mol. The van der Waals surface area contributed by atoms with Crippen molar-refractivity contribution < 1.29 is 19.8 Å². The number of aliphatic hydroxyl groups excluding tert-OH is 1. The van der Waals surface area contributed by atoms with Crippen LogP contribution in [-0.4, -0.2) is 88.8 Å². The van der Waals surface area contributed by atoms with Crippen LogP contribution in [0.3, 0.4) is 0 Å². The highest BCUT2D eigenvalue weighted by Gasteiger charge is 2.44. The summed E-state index contributed by atoms with van der Waals surface area (Å²) in [7, 11) is 5.73. The van der Waals surface area contributed by atoms with Crippen LogP contribution in [-0.2, 0) is 4.79 Å². The molecular formula is C14H25N3O4. The van der Waals surface area contributed by atoms with Gasteiger partial charge in [-0.15, -0.1) is 0 Å². The first-order chi connectivity index (χ1) is 9.77. The molecule has 1 saturated heterocycles. The normalized spacial score (nSPS) is 27.6. The van der Waals surface area contributed by atoms with Crippen molar-refractivity contribution in [2.45, 2.75) is 43.4 Å². The maximum absolute atomic E-state index is 12.5. The summed E-state index contributed by atoms with van der Waals surface area (Å²) in [4.78, 5) is 28.7. The Hall–Kier alpha value is -1.34. The minimum absolute atomic E-state index is 0.00146. The quantitative estimate of drug-likeness (QED) is 0.766. The number of carboxylic acid groups (broad SMARTS) is 1.